The Bertz CT molecular complexity index is 993. The molecule has 1 aromatic carbocycles. The molecule has 130 valence electrons. The maximum Gasteiger partial charge on any atom is 0.158 e. The predicted octanol–water partition coefficient (Wildman–Crippen LogP) is 5.50. The number of hydrogen-bond donors (Lipinski definition) is 1. The van der Waals surface area contributed by atoms with E-state index in [9.17, 15) is 4.79 Å². The van der Waals surface area contributed by atoms with Crippen LogP contribution in [-0.4, -0.2) is 15.8 Å². The van der Waals surface area contributed by atoms with Crippen LogP contribution in [0.15, 0.2) is 54.1 Å². The molecule has 2 aromatic heterocycles. The van der Waals surface area contributed by atoms with Gasteiger partial charge in [-0.25, -0.2) is 4.98 Å². The summed E-state index contributed by atoms with van der Waals surface area (Å²) in [7, 11) is 0. The van der Waals surface area contributed by atoms with Crippen LogP contribution in [-0.2, 0) is 4.79 Å². The third-order valence-corrected chi connectivity index (χ3v) is 4.93. The van der Waals surface area contributed by atoms with Crippen molar-refractivity contribution in [1.29, 1.82) is 0 Å². The van der Waals surface area contributed by atoms with Crippen molar-refractivity contribution in [3.05, 3.63) is 71.1 Å². The summed E-state index contributed by atoms with van der Waals surface area (Å²) in [5.74, 6) is 0.292. The number of carbonyl (C=O) groups excluding carboxylic acids is 1. The van der Waals surface area contributed by atoms with Crippen molar-refractivity contribution in [2.45, 2.75) is 33.1 Å². The zero-order chi connectivity index (χ0) is 18.1. The standard InChI is InChI=1S/C23H22N2O/c1-15-13-20(16(2)24-15)22-7-4-6-21(25-22)18-11-9-17(10-12-18)14-19-5-3-8-23(19)26/h4,6-7,9-14,24H,3,5,8H2,1-2H3. The molecule has 0 saturated heterocycles. The molecular formula is C23H22N2O. The first-order chi connectivity index (χ1) is 12.6. The molecule has 0 bridgehead atoms. The van der Waals surface area contributed by atoms with Crippen LogP contribution in [0.2, 0.25) is 0 Å². The second-order valence-electron chi connectivity index (χ2n) is 6.97. The number of allylic oxidation sites excluding steroid dienone is 1. The molecular weight excluding hydrogens is 320 g/mol. The minimum Gasteiger partial charge on any atom is -0.362 e. The SMILES string of the molecule is Cc1cc(-c2cccc(-c3ccc(C=C4CCCC4=O)cc3)n2)c(C)[nH]1. The van der Waals surface area contributed by atoms with Crippen molar-refractivity contribution in [2.75, 3.05) is 0 Å². The summed E-state index contributed by atoms with van der Waals surface area (Å²) < 4.78 is 0. The van der Waals surface area contributed by atoms with Gasteiger partial charge in [-0.05, 0) is 62.1 Å². The normalized spacial score (nSPS) is 15.8. The summed E-state index contributed by atoms with van der Waals surface area (Å²) in [4.78, 5) is 20.0. The summed E-state index contributed by atoms with van der Waals surface area (Å²) in [6, 6.07) is 16.5. The number of hydrogen-bond acceptors (Lipinski definition) is 2. The third-order valence-electron chi connectivity index (χ3n) is 4.93. The molecule has 0 amide bonds. The highest BCUT2D eigenvalue weighted by atomic mass is 16.1. The van der Waals surface area contributed by atoms with E-state index in [0.29, 0.717) is 12.2 Å². The quantitative estimate of drug-likeness (QED) is 0.639. The first-order valence-corrected chi connectivity index (χ1v) is 9.08. The van der Waals surface area contributed by atoms with Gasteiger partial charge in [0.25, 0.3) is 0 Å². The molecule has 1 aliphatic carbocycles. The zero-order valence-electron chi connectivity index (χ0n) is 15.2. The lowest BCUT2D eigenvalue weighted by Crippen LogP contribution is -1.91. The molecule has 2 heterocycles. The largest absolute Gasteiger partial charge is 0.362 e. The number of aromatic amines is 1. The van der Waals surface area contributed by atoms with Crippen LogP contribution in [0.1, 0.15) is 36.2 Å². The van der Waals surface area contributed by atoms with E-state index in [2.05, 4.69) is 49.2 Å². The van der Waals surface area contributed by atoms with Crippen LogP contribution in [0, 0.1) is 13.8 Å². The van der Waals surface area contributed by atoms with Gasteiger partial charge in [0, 0.05) is 28.9 Å². The topological polar surface area (TPSA) is 45.8 Å². The molecule has 0 spiro atoms. The van der Waals surface area contributed by atoms with Gasteiger partial charge in [0.2, 0.25) is 0 Å². The maximum atomic E-state index is 11.8. The molecule has 3 nitrogen and oxygen atoms in total. The molecule has 1 aliphatic rings. The van der Waals surface area contributed by atoms with Crippen LogP contribution >= 0.6 is 0 Å². The van der Waals surface area contributed by atoms with Crippen LogP contribution in [0.3, 0.4) is 0 Å². The Balaban J connectivity index is 1.63. The molecule has 4 rings (SSSR count). The Kier molecular flexibility index (Phi) is 4.29. The summed E-state index contributed by atoms with van der Waals surface area (Å²) in [6.45, 7) is 4.13. The van der Waals surface area contributed by atoms with Crippen molar-refractivity contribution in [1.82, 2.24) is 9.97 Å². The number of pyridine rings is 1. The van der Waals surface area contributed by atoms with Crippen molar-refractivity contribution >= 4 is 11.9 Å². The summed E-state index contributed by atoms with van der Waals surface area (Å²) in [5.41, 5.74) is 8.47. The van der Waals surface area contributed by atoms with E-state index in [-0.39, 0.29) is 0 Å². The Labute approximate surface area is 153 Å². The van der Waals surface area contributed by atoms with E-state index in [0.717, 1.165) is 57.9 Å². The van der Waals surface area contributed by atoms with Gasteiger partial charge in [-0.15, -0.1) is 0 Å². The maximum absolute atomic E-state index is 11.8. The number of rotatable bonds is 3. The first kappa shape index (κ1) is 16.5. The second-order valence-corrected chi connectivity index (χ2v) is 6.97. The van der Waals surface area contributed by atoms with Gasteiger partial charge in [0.15, 0.2) is 5.78 Å². The number of nitrogens with one attached hydrogen (secondary N) is 1. The summed E-state index contributed by atoms with van der Waals surface area (Å²) in [6.07, 6.45) is 4.60. The Hall–Kier alpha value is -2.94. The van der Waals surface area contributed by atoms with E-state index in [1.807, 2.05) is 24.3 Å². The molecule has 0 unspecified atom stereocenters. The molecule has 0 aliphatic heterocycles. The van der Waals surface area contributed by atoms with E-state index in [1.54, 1.807) is 0 Å². The van der Waals surface area contributed by atoms with E-state index in [4.69, 9.17) is 4.98 Å². The van der Waals surface area contributed by atoms with Gasteiger partial charge in [-0.3, -0.25) is 4.79 Å². The minimum absolute atomic E-state index is 0.292. The van der Waals surface area contributed by atoms with Crippen molar-refractivity contribution in [3.63, 3.8) is 0 Å². The van der Waals surface area contributed by atoms with E-state index in [1.165, 1.54) is 0 Å². The van der Waals surface area contributed by atoms with Gasteiger partial charge in [-0.2, -0.15) is 0 Å². The molecule has 1 saturated carbocycles. The highest BCUT2D eigenvalue weighted by molar-refractivity contribution is 6.01. The van der Waals surface area contributed by atoms with E-state index < -0.39 is 0 Å². The number of aromatic nitrogens is 2. The smallest absolute Gasteiger partial charge is 0.158 e. The number of aryl methyl sites for hydroxylation is 2. The third kappa shape index (κ3) is 3.25. The highest BCUT2D eigenvalue weighted by Crippen LogP contribution is 2.27. The van der Waals surface area contributed by atoms with Gasteiger partial charge in [0.1, 0.15) is 0 Å². The minimum atomic E-state index is 0.292. The second kappa shape index (κ2) is 6.75. The van der Waals surface area contributed by atoms with Crippen LogP contribution in [0.5, 0.6) is 0 Å². The lowest BCUT2D eigenvalue weighted by molar-refractivity contribution is -0.114. The molecule has 1 N–H and O–H groups in total. The number of ketones is 1. The lowest BCUT2D eigenvalue weighted by atomic mass is 10.0. The van der Waals surface area contributed by atoms with E-state index >= 15 is 0 Å². The molecule has 3 heteroatoms. The van der Waals surface area contributed by atoms with Crippen molar-refractivity contribution in [3.8, 4) is 22.5 Å². The van der Waals surface area contributed by atoms with Gasteiger partial charge < -0.3 is 4.98 Å². The Morgan fingerprint density at radius 3 is 2.42 bits per heavy atom. The summed E-state index contributed by atoms with van der Waals surface area (Å²) in [5, 5.41) is 0. The van der Waals surface area contributed by atoms with Gasteiger partial charge >= 0.3 is 0 Å². The molecule has 3 aromatic rings. The van der Waals surface area contributed by atoms with Gasteiger partial charge in [0.05, 0.1) is 11.4 Å². The first-order valence-electron chi connectivity index (χ1n) is 9.08. The van der Waals surface area contributed by atoms with Crippen LogP contribution < -0.4 is 0 Å². The zero-order valence-corrected chi connectivity index (χ0v) is 15.2. The molecule has 0 atom stereocenters. The predicted molar refractivity (Wildman–Crippen MR) is 106 cm³/mol. The molecule has 1 fully saturated rings. The number of benzene rings is 1. The number of H-pyrrole nitrogens is 1. The number of nitrogens with zero attached hydrogens (tertiary/aromatic N) is 1. The average molecular weight is 342 g/mol. The fourth-order valence-electron chi connectivity index (χ4n) is 3.58. The fourth-order valence-corrected chi connectivity index (χ4v) is 3.58. The molecule has 0 radical (unpaired) electrons. The van der Waals surface area contributed by atoms with Gasteiger partial charge in [-0.1, -0.05) is 30.3 Å². The highest BCUT2D eigenvalue weighted by Gasteiger charge is 2.16. The van der Waals surface area contributed by atoms with Crippen LogP contribution in [0.4, 0.5) is 0 Å². The monoisotopic (exact) mass is 342 g/mol. The number of carbonyl (C=O) groups is 1. The number of Topliss-reactive ketones (excluding diaryl/α,β-unsaturated/α-hetero) is 1. The Morgan fingerprint density at radius 2 is 1.77 bits per heavy atom. The average Bonchev–Trinajstić information content (AvgIpc) is 3.20. The van der Waals surface area contributed by atoms with Crippen LogP contribution in [0.25, 0.3) is 28.6 Å². The lowest BCUT2D eigenvalue weighted by Gasteiger charge is -2.05. The fraction of sp³-hybridized carbons (Fsp3) is 0.217. The Morgan fingerprint density at radius 1 is 1.00 bits per heavy atom. The molecule has 26 heavy (non-hydrogen) atoms. The van der Waals surface area contributed by atoms with Crippen molar-refractivity contribution < 1.29 is 4.79 Å². The summed E-state index contributed by atoms with van der Waals surface area (Å²) >= 11 is 0. The van der Waals surface area contributed by atoms with Crippen molar-refractivity contribution in [2.24, 2.45) is 0 Å².